The van der Waals surface area contributed by atoms with Crippen molar-refractivity contribution in [1.82, 2.24) is 4.98 Å². The van der Waals surface area contributed by atoms with Gasteiger partial charge in [-0.1, -0.05) is 36.6 Å². The van der Waals surface area contributed by atoms with Crippen molar-refractivity contribution in [2.24, 2.45) is 5.10 Å². The third-order valence-electron chi connectivity index (χ3n) is 6.08. The Morgan fingerprint density at radius 3 is 2.16 bits per heavy atom. The van der Waals surface area contributed by atoms with Gasteiger partial charge in [0.1, 0.15) is 36.9 Å². The van der Waals surface area contributed by atoms with Crippen molar-refractivity contribution in [2.75, 3.05) is 18.6 Å². The zero-order chi connectivity index (χ0) is 36.5. The summed E-state index contributed by atoms with van der Waals surface area (Å²) in [6, 6.07) is 11.6. The summed E-state index contributed by atoms with van der Waals surface area (Å²) in [5, 5.41) is 4.68. The Labute approximate surface area is 290 Å². The van der Waals surface area contributed by atoms with Crippen LogP contribution in [0, 0.1) is 0 Å². The number of thiazole rings is 1. The number of aromatic nitrogens is 1. The highest BCUT2D eigenvalue weighted by atomic mass is 32.1. The molecule has 0 amide bonds. The zero-order valence-corrected chi connectivity index (χ0v) is 28.1. The van der Waals surface area contributed by atoms with E-state index in [2.05, 4.69) is 28.7 Å². The summed E-state index contributed by atoms with van der Waals surface area (Å²) in [6.07, 6.45) is 0.593. The van der Waals surface area contributed by atoms with E-state index >= 15 is 0 Å². The van der Waals surface area contributed by atoms with Gasteiger partial charge in [0.05, 0.1) is 42.1 Å². The lowest BCUT2D eigenvalue weighted by Crippen LogP contribution is -2.22. The molecule has 0 aliphatic heterocycles. The highest BCUT2D eigenvalue weighted by molar-refractivity contribution is 7.22. The quantitative estimate of drug-likeness (QED) is 0.0458. The molecule has 0 saturated carbocycles. The predicted octanol–water partition coefficient (Wildman–Crippen LogP) is 4.44. The molecule has 2 aromatic carbocycles. The third-order valence-corrected chi connectivity index (χ3v) is 7.02. The Hall–Kier alpha value is -5.90. The van der Waals surface area contributed by atoms with Crippen LogP contribution in [0.15, 0.2) is 72.9 Å². The number of ether oxygens (including phenoxy) is 6. The molecule has 2 unspecified atom stereocenters. The average Bonchev–Trinajstić information content (AvgIpc) is 3.51. The summed E-state index contributed by atoms with van der Waals surface area (Å²) in [5.74, 6) is -4.15. The van der Waals surface area contributed by atoms with Crippen LogP contribution in [0.2, 0.25) is 0 Å². The Balaban J connectivity index is 1.61. The molecule has 0 radical (unpaired) electrons. The number of para-hydroxylation sites is 1. The van der Waals surface area contributed by atoms with Gasteiger partial charge in [0.2, 0.25) is 5.13 Å². The van der Waals surface area contributed by atoms with E-state index in [1.807, 2.05) is 24.3 Å². The van der Waals surface area contributed by atoms with Gasteiger partial charge in [-0.15, -0.1) is 0 Å². The SMILES string of the molecule is C=CC(=O)OCC(C)OC(=O)CCC(=O)Oc1ccc(OC(=O)CCC(=O)OCC(C)OC(=O)C=C)cc1/C=N/Nc1nc2ccccc2s1. The largest absolute Gasteiger partial charge is 0.462 e. The van der Waals surface area contributed by atoms with Crippen molar-refractivity contribution >= 4 is 68.7 Å². The van der Waals surface area contributed by atoms with Crippen LogP contribution in [0.4, 0.5) is 5.13 Å². The molecule has 264 valence electrons. The molecule has 0 aliphatic rings. The Kier molecular flexibility index (Phi) is 15.3. The second-order valence-electron chi connectivity index (χ2n) is 10.3. The van der Waals surface area contributed by atoms with Gasteiger partial charge in [0.15, 0.2) is 0 Å². The van der Waals surface area contributed by atoms with Crippen molar-refractivity contribution in [2.45, 2.75) is 51.7 Å². The van der Waals surface area contributed by atoms with Crippen molar-refractivity contribution in [3.05, 3.63) is 73.3 Å². The molecular weight excluding hydrogens is 674 g/mol. The van der Waals surface area contributed by atoms with E-state index in [1.54, 1.807) is 0 Å². The van der Waals surface area contributed by atoms with Crippen LogP contribution in [0.25, 0.3) is 10.2 Å². The third kappa shape index (κ3) is 13.7. The topological polar surface area (TPSA) is 195 Å². The maximum Gasteiger partial charge on any atom is 0.330 e. The van der Waals surface area contributed by atoms with Crippen LogP contribution in [0.1, 0.15) is 45.1 Å². The van der Waals surface area contributed by atoms with Gasteiger partial charge < -0.3 is 28.4 Å². The van der Waals surface area contributed by atoms with E-state index in [0.29, 0.717) is 5.13 Å². The molecule has 0 spiro atoms. The first-order valence-electron chi connectivity index (χ1n) is 15.1. The lowest BCUT2D eigenvalue weighted by Gasteiger charge is -2.13. The highest BCUT2D eigenvalue weighted by Crippen LogP contribution is 2.27. The summed E-state index contributed by atoms with van der Waals surface area (Å²) in [7, 11) is 0. The Morgan fingerprint density at radius 1 is 0.800 bits per heavy atom. The summed E-state index contributed by atoms with van der Waals surface area (Å²) < 4.78 is 31.6. The summed E-state index contributed by atoms with van der Waals surface area (Å²) >= 11 is 1.37. The lowest BCUT2D eigenvalue weighted by atomic mass is 10.2. The number of nitrogens with zero attached hydrogens (tertiary/aromatic N) is 2. The van der Waals surface area contributed by atoms with Crippen LogP contribution >= 0.6 is 11.3 Å². The molecule has 50 heavy (non-hydrogen) atoms. The number of nitrogens with one attached hydrogen (secondary N) is 1. The van der Waals surface area contributed by atoms with E-state index < -0.39 is 48.0 Å². The van der Waals surface area contributed by atoms with Gasteiger partial charge >= 0.3 is 35.8 Å². The van der Waals surface area contributed by atoms with Crippen molar-refractivity contribution in [3.8, 4) is 11.5 Å². The minimum Gasteiger partial charge on any atom is -0.462 e. The summed E-state index contributed by atoms with van der Waals surface area (Å²) in [5.41, 5.74) is 3.81. The van der Waals surface area contributed by atoms with Crippen molar-refractivity contribution in [3.63, 3.8) is 0 Å². The first-order chi connectivity index (χ1) is 23.9. The maximum absolute atomic E-state index is 12.6. The normalized spacial score (nSPS) is 11.9. The smallest absolute Gasteiger partial charge is 0.330 e. The molecule has 0 aliphatic carbocycles. The van der Waals surface area contributed by atoms with E-state index in [4.69, 9.17) is 28.4 Å². The molecule has 0 fully saturated rings. The fourth-order valence-electron chi connectivity index (χ4n) is 3.76. The molecule has 15 nitrogen and oxygen atoms in total. The average molecular weight is 710 g/mol. The van der Waals surface area contributed by atoms with Crippen LogP contribution in [0.5, 0.6) is 11.5 Å². The number of hydrogen-bond acceptors (Lipinski definition) is 16. The zero-order valence-electron chi connectivity index (χ0n) is 27.3. The number of rotatable bonds is 19. The number of carbonyl (C=O) groups excluding carboxylic acids is 6. The number of hydrazone groups is 1. The molecule has 1 aromatic heterocycles. The highest BCUT2D eigenvalue weighted by Gasteiger charge is 2.17. The minimum absolute atomic E-state index is 0.0394. The second kappa shape index (κ2) is 19.8. The number of benzene rings is 2. The van der Waals surface area contributed by atoms with Crippen molar-refractivity contribution < 1.29 is 57.2 Å². The van der Waals surface area contributed by atoms with Gasteiger partial charge in [0, 0.05) is 17.7 Å². The second-order valence-corrected chi connectivity index (χ2v) is 11.3. The fourth-order valence-corrected chi connectivity index (χ4v) is 4.58. The van der Waals surface area contributed by atoms with Crippen LogP contribution in [0.3, 0.4) is 0 Å². The van der Waals surface area contributed by atoms with Gasteiger partial charge in [-0.25, -0.2) is 14.6 Å². The van der Waals surface area contributed by atoms with E-state index in [9.17, 15) is 28.8 Å². The number of carbonyl (C=O) groups is 6. The van der Waals surface area contributed by atoms with E-state index in [0.717, 1.165) is 22.4 Å². The molecule has 2 atom stereocenters. The number of hydrogen-bond donors (Lipinski definition) is 1. The van der Waals surface area contributed by atoms with Gasteiger partial charge in [-0.05, 0) is 44.2 Å². The summed E-state index contributed by atoms with van der Waals surface area (Å²) in [6.45, 7) is 9.24. The van der Waals surface area contributed by atoms with E-state index in [1.165, 1.54) is 49.6 Å². The van der Waals surface area contributed by atoms with Crippen molar-refractivity contribution in [1.29, 1.82) is 0 Å². The molecule has 16 heteroatoms. The van der Waals surface area contributed by atoms with Gasteiger partial charge in [-0.3, -0.25) is 24.6 Å². The molecule has 1 N–H and O–H groups in total. The molecule has 0 saturated heterocycles. The van der Waals surface area contributed by atoms with Gasteiger partial charge in [0.25, 0.3) is 0 Å². The Bertz CT molecular complexity index is 1720. The molecular formula is C34H35N3O12S. The predicted molar refractivity (Wildman–Crippen MR) is 180 cm³/mol. The first-order valence-corrected chi connectivity index (χ1v) is 15.9. The van der Waals surface area contributed by atoms with Gasteiger partial charge in [-0.2, -0.15) is 5.10 Å². The standard InChI is InChI=1S/C34H35N3O12S/c1-5-28(38)44-19-22(4)47-31(41)15-16-33(43)49-26-12-11-24(48-32(42)14-13-30(40)45-20-21(3)46-29(39)6-2)17-23(26)18-35-37-34-36-25-9-7-8-10-27(25)50-34/h5-12,17-18,21-22H,1-2,13-16,19-20H2,3-4H3,(H,36,37)/b35-18+. The number of anilines is 1. The number of esters is 6. The molecule has 1 heterocycles. The summed E-state index contributed by atoms with van der Waals surface area (Å²) in [4.78, 5) is 76.2. The minimum atomic E-state index is -0.765. The number of fused-ring (bicyclic) bond motifs is 1. The maximum atomic E-state index is 12.6. The monoisotopic (exact) mass is 709 g/mol. The molecule has 0 bridgehead atoms. The molecule has 3 aromatic rings. The lowest BCUT2D eigenvalue weighted by molar-refractivity contribution is -0.156. The van der Waals surface area contributed by atoms with Crippen LogP contribution < -0.4 is 14.9 Å². The fraction of sp³-hybridized carbons (Fsp3) is 0.294. The first kappa shape index (κ1) is 38.5. The molecule has 3 rings (SSSR count). The van der Waals surface area contributed by atoms with Crippen LogP contribution in [-0.2, 0) is 47.7 Å². The van der Waals surface area contributed by atoms with Crippen LogP contribution in [-0.4, -0.2) is 72.4 Å². The Morgan fingerprint density at radius 2 is 1.44 bits per heavy atom. The van der Waals surface area contributed by atoms with E-state index in [-0.39, 0.29) is 56.0 Å².